The monoisotopic (exact) mass is 1010 g/mol. The van der Waals surface area contributed by atoms with Crippen LogP contribution >= 0.6 is 0 Å². The van der Waals surface area contributed by atoms with Gasteiger partial charge in [-0.2, -0.15) is 0 Å². The lowest BCUT2D eigenvalue weighted by molar-refractivity contribution is 0.0872. The summed E-state index contributed by atoms with van der Waals surface area (Å²) in [7, 11) is 0. The molecule has 0 saturated carbocycles. The van der Waals surface area contributed by atoms with Crippen LogP contribution in [-0.4, -0.2) is 36.7 Å². The van der Waals surface area contributed by atoms with Crippen LogP contribution in [0.3, 0.4) is 0 Å². The Bertz CT molecular complexity index is 3940. The molecule has 13 rings (SSSR count). The van der Waals surface area contributed by atoms with Crippen LogP contribution in [0.2, 0.25) is 0 Å². The minimum atomic E-state index is -0.509. The maximum Gasteiger partial charge on any atom is 0.265 e. The molecule has 0 aromatic heterocycles. The Morgan fingerprint density at radius 1 is 0.455 bits per heavy atom. The maximum absolute atomic E-state index is 14.6. The molecule has 9 aromatic rings. The first-order valence-corrected chi connectivity index (χ1v) is 27.2. The number of benzene rings is 9. The van der Waals surface area contributed by atoms with Crippen molar-refractivity contribution in [2.24, 2.45) is 0 Å². The van der Waals surface area contributed by atoms with E-state index in [-0.39, 0.29) is 33.1 Å². The highest BCUT2D eigenvalue weighted by atomic mass is 16.2. The minimum absolute atomic E-state index is 0.230. The normalized spacial score (nSPS) is 15.5. The number of fused-ring (bicyclic) bond motifs is 2. The molecule has 380 valence electrons. The van der Waals surface area contributed by atoms with Gasteiger partial charge in [-0.05, 0) is 181 Å². The van der Waals surface area contributed by atoms with E-state index in [2.05, 4.69) is 145 Å². The highest BCUT2D eigenvalue weighted by Crippen LogP contribution is 2.50. The van der Waals surface area contributed by atoms with E-state index in [4.69, 9.17) is 0 Å². The van der Waals surface area contributed by atoms with Crippen LogP contribution in [0, 0.1) is 13.8 Å². The summed E-state index contributed by atoms with van der Waals surface area (Å²) in [6.45, 7) is 19.6. The first-order chi connectivity index (χ1) is 37.0. The zero-order valence-electron chi connectivity index (χ0n) is 45.2. The number of amides is 4. The van der Waals surface area contributed by atoms with Gasteiger partial charge in [0.25, 0.3) is 23.6 Å². The van der Waals surface area contributed by atoms with E-state index in [0.717, 1.165) is 53.7 Å². The van der Waals surface area contributed by atoms with Gasteiger partial charge < -0.3 is 4.90 Å². The van der Waals surface area contributed by atoms with Crippen LogP contribution in [0.25, 0.3) is 66.7 Å². The van der Waals surface area contributed by atoms with Gasteiger partial charge in [0.1, 0.15) is 0 Å². The SMILES string of the molecule is Cc1c2c3c(c(C)c1-c1c4ccccc4c(-c4ccc(/C=C\c5ccc(N6C(=O)c7ccc8c9c(ccc(c79)C6=O)C(=O)N(c6cc(C(C)(C)C)ccc6C(C)(C)C)C8=O)cc5)cc4)c4ccccc14)CCCN3CCC2. The lowest BCUT2D eigenvalue weighted by atomic mass is 9.78. The molecule has 0 bridgehead atoms. The van der Waals surface area contributed by atoms with Crippen molar-refractivity contribution in [3.05, 3.63) is 206 Å². The van der Waals surface area contributed by atoms with Crippen molar-refractivity contribution in [1.82, 2.24) is 0 Å². The summed E-state index contributed by atoms with van der Waals surface area (Å²) in [5.74, 6) is -1.98. The van der Waals surface area contributed by atoms with Crippen molar-refractivity contribution in [1.29, 1.82) is 0 Å². The number of imide groups is 2. The second-order valence-electron chi connectivity index (χ2n) is 23.7. The Morgan fingerprint density at radius 2 is 0.896 bits per heavy atom. The maximum atomic E-state index is 14.6. The van der Waals surface area contributed by atoms with Crippen molar-refractivity contribution in [2.45, 2.75) is 91.9 Å². The van der Waals surface area contributed by atoms with Crippen LogP contribution in [0.15, 0.2) is 140 Å². The molecule has 4 amide bonds. The average Bonchev–Trinajstić information content (AvgIpc) is 3.59. The highest BCUT2D eigenvalue weighted by molar-refractivity contribution is 6.42. The molecule has 77 heavy (non-hydrogen) atoms. The van der Waals surface area contributed by atoms with Crippen LogP contribution < -0.4 is 14.7 Å². The summed E-state index contributed by atoms with van der Waals surface area (Å²) in [6, 6.07) is 46.6. The van der Waals surface area contributed by atoms with E-state index in [9.17, 15) is 19.2 Å². The third-order valence-corrected chi connectivity index (χ3v) is 17.1. The number of carbonyl (C=O) groups is 4. The number of nitrogens with zero attached hydrogens (tertiary/aromatic N) is 3. The molecule has 4 heterocycles. The lowest BCUT2D eigenvalue weighted by Gasteiger charge is -2.39. The van der Waals surface area contributed by atoms with Gasteiger partial charge in [-0.3, -0.25) is 19.2 Å². The second-order valence-corrected chi connectivity index (χ2v) is 23.7. The number of hydrogen-bond donors (Lipinski definition) is 0. The molecule has 0 unspecified atom stereocenters. The predicted octanol–water partition coefficient (Wildman–Crippen LogP) is 16.2. The van der Waals surface area contributed by atoms with Gasteiger partial charge in [0, 0.05) is 51.8 Å². The molecule has 0 radical (unpaired) electrons. The average molecular weight is 1010 g/mol. The first-order valence-electron chi connectivity index (χ1n) is 27.2. The third-order valence-electron chi connectivity index (χ3n) is 17.1. The molecule has 0 N–H and O–H groups in total. The van der Waals surface area contributed by atoms with Gasteiger partial charge in [-0.1, -0.05) is 151 Å². The van der Waals surface area contributed by atoms with Gasteiger partial charge in [-0.25, -0.2) is 9.80 Å². The van der Waals surface area contributed by atoms with Crippen molar-refractivity contribution in [2.75, 3.05) is 27.8 Å². The molecule has 0 saturated heterocycles. The Kier molecular flexibility index (Phi) is 11.0. The van der Waals surface area contributed by atoms with Crippen molar-refractivity contribution >= 4 is 85.2 Å². The first kappa shape index (κ1) is 48.2. The van der Waals surface area contributed by atoms with Crippen LogP contribution in [-0.2, 0) is 23.7 Å². The Hall–Kier alpha value is -8.42. The van der Waals surface area contributed by atoms with Crippen molar-refractivity contribution in [3.63, 3.8) is 0 Å². The smallest absolute Gasteiger partial charge is 0.265 e. The Labute approximate surface area is 450 Å². The molecule has 7 heteroatoms. The fourth-order valence-corrected chi connectivity index (χ4v) is 13.3. The summed E-state index contributed by atoms with van der Waals surface area (Å²) in [4.78, 5) is 63.2. The summed E-state index contributed by atoms with van der Waals surface area (Å²) < 4.78 is 0. The van der Waals surface area contributed by atoms with Crippen molar-refractivity contribution < 1.29 is 19.2 Å². The zero-order valence-corrected chi connectivity index (χ0v) is 45.2. The van der Waals surface area contributed by atoms with Crippen LogP contribution in [0.1, 0.15) is 140 Å². The van der Waals surface area contributed by atoms with E-state index in [1.165, 1.54) is 77.7 Å². The number of hydrogen-bond acceptors (Lipinski definition) is 5. The molecule has 4 aliphatic rings. The van der Waals surface area contributed by atoms with Crippen LogP contribution in [0.4, 0.5) is 17.1 Å². The molecule has 0 aliphatic carbocycles. The van der Waals surface area contributed by atoms with E-state index < -0.39 is 23.6 Å². The molecular weight excluding hydrogens is 947 g/mol. The summed E-state index contributed by atoms with van der Waals surface area (Å²) in [6.07, 6.45) is 8.80. The fourth-order valence-electron chi connectivity index (χ4n) is 13.3. The Morgan fingerprint density at radius 3 is 1.35 bits per heavy atom. The lowest BCUT2D eigenvalue weighted by Crippen LogP contribution is -2.44. The second kappa shape index (κ2) is 17.6. The predicted molar refractivity (Wildman–Crippen MR) is 316 cm³/mol. The number of anilines is 3. The van der Waals surface area contributed by atoms with Crippen molar-refractivity contribution in [3.8, 4) is 22.3 Å². The Balaban J connectivity index is 0.785. The molecule has 0 fully saturated rings. The highest BCUT2D eigenvalue weighted by Gasteiger charge is 2.42. The third kappa shape index (κ3) is 7.45. The molecule has 4 aliphatic heterocycles. The van der Waals surface area contributed by atoms with Gasteiger partial charge >= 0.3 is 0 Å². The fraction of sp³-hybridized carbons (Fsp3) is 0.229. The molecule has 0 spiro atoms. The van der Waals surface area contributed by atoms with Gasteiger partial charge in [0.05, 0.1) is 11.4 Å². The van der Waals surface area contributed by atoms with Crippen LogP contribution in [0.5, 0.6) is 0 Å². The molecular formula is C70H61N3O4. The standard InChI is InChI=1S/C70H61N3O4/c1-40-47-19-13-37-71-38-14-20-48(64(47)71)41(2)59(40)61-51-17-11-9-15-49(51)60(50-16-10-12-18-52(50)61)44-27-23-42(24-28-44)21-22-43-25-30-46(31-26-43)72-65(74)53-32-34-55-63-56(35-33-54(62(53)63)66(72)75)68(77)73(67(55)76)58-39-45(69(3,4)5)29-36-57(58)70(6,7)8/h9-12,15-18,21-36,39H,13-14,19-20,37-38H2,1-8H3/b22-21-. The van der Waals surface area contributed by atoms with E-state index in [0.29, 0.717) is 22.1 Å². The number of rotatable bonds is 6. The van der Waals surface area contributed by atoms with E-state index >= 15 is 0 Å². The van der Waals surface area contributed by atoms with E-state index in [1.54, 1.807) is 47.5 Å². The zero-order chi connectivity index (χ0) is 53.4. The quantitative estimate of drug-likeness (QED) is 0.0942. The van der Waals surface area contributed by atoms with Gasteiger partial charge in [0.2, 0.25) is 0 Å². The summed E-state index contributed by atoms with van der Waals surface area (Å²) in [5.41, 5.74) is 17.9. The van der Waals surface area contributed by atoms with E-state index in [1.807, 2.05) is 30.3 Å². The summed E-state index contributed by atoms with van der Waals surface area (Å²) in [5, 5.41) is 5.73. The number of carbonyl (C=O) groups excluding carboxylic acids is 4. The largest absolute Gasteiger partial charge is 0.371 e. The summed E-state index contributed by atoms with van der Waals surface area (Å²) >= 11 is 0. The van der Waals surface area contributed by atoms with Gasteiger partial charge in [-0.15, -0.1) is 0 Å². The minimum Gasteiger partial charge on any atom is -0.371 e. The molecule has 7 nitrogen and oxygen atoms in total. The molecule has 0 atom stereocenters. The van der Waals surface area contributed by atoms with Gasteiger partial charge in [0.15, 0.2) is 0 Å². The topological polar surface area (TPSA) is 78.0 Å². The molecule has 9 aromatic carbocycles.